The Morgan fingerprint density at radius 2 is 1.76 bits per heavy atom. The number of halogens is 1. The van der Waals surface area contributed by atoms with Crippen LogP contribution in [0, 0.1) is 5.82 Å². The summed E-state index contributed by atoms with van der Waals surface area (Å²) in [7, 11) is -3.31. The Balaban J connectivity index is 2.01. The van der Waals surface area contributed by atoms with E-state index in [4.69, 9.17) is 5.73 Å². The summed E-state index contributed by atoms with van der Waals surface area (Å²) in [6.07, 6.45) is 0.525. The fourth-order valence-corrected chi connectivity index (χ4v) is 4.32. The van der Waals surface area contributed by atoms with Gasteiger partial charge >= 0.3 is 0 Å². The molecule has 0 saturated carbocycles. The van der Waals surface area contributed by atoms with Crippen LogP contribution in [0.3, 0.4) is 0 Å². The van der Waals surface area contributed by atoms with Gasteiger partial charge in [0.15, 0.2) is 0 Å². The van der Waals surface area contributed by atoms with Crippen molar-refractivity contribution in [2.45, 2.75) is 18.6 Å². The Morgan fingerprint density at radius 3 is 2.24 bits per heavy atom. The van der Waals surface area contributed by atoms with Crippen LogP contribution in [-0.4, -0.2) is 50.7 Å². The smallest absolute Gasteiger partial charge is 0.218 e. The number of hydrogen-bond donors (Lipinski definition) is 1. The molecular weight excluding hydrogens is 293 g/mol. The summed E-state index contributed by atoms with van der Waals surface area (Å²) in [5, 5.41) is -0.505. The van der Waals surface area contributed by atoms with Gasteiger partial charge in [0.2, 0.25) is 10.0 Å². The van der Waals surface area contributed by atoms with Crippen molar-refractivity contribution in [3.05, 3.63) is 30.1 Å². The number of anilines is 1. The SMILES string of the molecule is CCC(CN)S(=O)(=O)N1CCN(c2ccc(F)cc2)CC1. The molecule has 118 valence electrons. The minimum atomic E-state index is -3.31. The third kappa shape index (κ3) is 3.53. The van der Waals surface area contributed by atoms with Crippen molar-refractivity contribution in [3.8, 4) is 0 Å². The van der Waals surface area contributed by atoms with E-state index in [9.17, 15) is 12.8 Å². The third-order valence-corrected chi connectivity index (χ3v) is 6.38. The standard InChI is InChI=1S/C14H22FN3O2S/c1-2-14(11-16)21(19,20)18-9-7-17(8-10-18)13-5-3-12(15)4-6-13/h3-6,14H,2,7-11,16H2,1H3. The predicted molar refractivity (Wildman–Crippen MR) is 82.2 cm³/mol. The number of nitrogens with two attached hydrogens (primary N) is 1. The first-order chi connectivity index (χ1) is 9.98. The fourth-order valence-electron chi connectivity index (χ4n) is 2.56. The number of rotatable bonds is 5. The molecule has 1 aliphatic heterocycles. The van der Waals surface area contributed by atoms with Crippen molar-refractivity contribution in [2.24, 2.45) is 5.73 Å². The lowest BCUT2D eigenvalue weighted by Crippen LogP contribution is -2.52. The monoisotopic (exact) mass is 315 g/mol. The maximum Gasteiger partial charge on any atom is 0.218 e. The van der Waals surface area contributed by atoms with Crippen LogP contribution in [0.15, 0.2) is 24.3 Å². The maximum atomic E-state index is 12.9. The predicted octanol–water partition coefficient (Wildman–Crippen LogP) is 1.01. The molecule has 1 heterocycles. The molecule has 0 aliphatic carbocycles. The molecule has 5 nitrogen and oxygen atoms in total. The minimum absolute atomic E-state index is 0.150. The molecule has 1 aromatic rings. The Morgan fingerprint density at radius 1 is 1.19 bits per heavy atom. The zero-order valence-corrected chi connectivity index (χ0v) is 13.0. The lowest BCUT2D eigenvalue weighted by Gasteiger charge is -2.36. The van der Waals surface area contributed by atoms with Crippen molar-refractivity contribution in [1.82, 2.24) is 4.31 Å². The number of sulfonamides is 1. The van der Waals surface area contributed by atoms with E-state index in [1.165, 1.54) is 16.4 Å². The van der Waals surface area contributed by atoms with Crippen LogP contribution in [0.25, 0.3) is 0 Å². The summed E-state index contributed by atoms with van der Waals surface area (Å²) >= 11 is 0. The van der Waals surface area contributed by atoms with Gasteiger partial charge in [0, 0.05) is 38.4 Å². The molecule has 1 aliphatic rings. The minimum Gasteiger partial charge on any atom is -0.369 e. The molecule has 1 fully saturated rings. The van der Waals surface area contributed by atoms with Gasteiger partial charge in [-0.2, -0.15) is 4.31 Å². The average molecular weight is 315 g/mol. The van der Waals surface area contributed by atoms with Crippen LogP contribution in [0.1, 0.15) is 13.3 Å². The fraction of sp³-hybridized carbons (Fsp3) is 0.571. The van der Waals surface area contributed by atoms with Gasteiger partial charge < -0.3 is 10.6 Å². The molecule has 1 saturated heterocycles. The molecule has 0 amide bonds. The molecule has 1 atom stereocenters. The zero-order valence-electron chi connectivity index (χ0n) is 12.2. The molecule has 0 aromatic heterocycles. The Bertz CT molecular complexity index is 550. The summed E-state index contributed by atoms with van der Waals surface area (Å²) in [6, 6.07) is 6.27. The van der Waals surface area contributed by atoms with Crippen molar-refractivity contribution in [2.75, 3.05) is 37.6 Å². The van der Waals surface area contributed by atoms with Crippen LogP contribution in [0.5, 0.6) is 0 Å². The second-order valence-corrected chi connectivity index (χ2v) is 7.39. The van der Waals surface area contributed by atoms with Gasteiger partial charge in [-0.1, -0.05) is 6.92 Å². The maximum absolute atomic E-state index is 12.9. The van der Waals surface area contributed by atoms with E-state index in [1.54, 1.807) is 12.1 Å². The Kier molecular flexibility index (Phi) is 5.18. The van der Waals surface area contributed by atoms with Gasteiger partial charge in [-0.25, -0.2) is 12.8 Å². The first-order valence-corrected chi connectivity index (χ1v) is 8.69. The average Bonchev–Trinajstić information content (AvgIpc) is 2.49. The quantitative estimate of drug-likeness (QED) is 0.881. The van der Waals surface area contributed by atoms with Crippen molar-refractivity contribution >= 4 is 15.7 Å². The number of nitrogens with zero attached hydrogens (tertiary/aromatic N) is 2. The molecule has 0 radical (unpaired) electrons. The van der Waals surface area contributed by atoms with Crippen LogP contribution in [-0.2, 0) is 10.0 Å². The Hall–Kier alpha value is -1.18. The highest BCUT2D eigenvalue weighted by molar-refractivity contribution is 7.89. The Labute approximate surface area is 125 Å². The highest BCUT2D eigenvalue weighted by atomic mass is 32.2. The van der Waals surface area contributed by atoms with E-state index in [2.05, 4.69) is 4.90 Å². The van der Waals surface area contributed by atoms with E-state index in [0.717, 1.165) is 5.69 Å². The molecule has 21 heavy (non-hydrogen) atoms. The van der Waals surface area contributed by atoms with Gasteiger partial charge in [0.25, 0.3) is 0 Å². The molecule has 1 aromatic carbocycles. The third-order valence-electron chi connectivity index (χ3n) is 3.93. The van der Waals surface area contributed by atoms with E-state index in [-0.39, 0.29) is 12.4 Å². The summed E-state index contributed by atoms with van der Waals surface area (Å²) in [6.45, 7) is 4.07. The topological polar surface area (TPSA) is 66.6 Å². The molecule has 0 bridgehead atoms. The zero-order chi connectivity index (χ0) is 15.5. The van der Waals surface area contributed by atoms with E-state index in [0.29, 0.717) is 32.6 Å². The summed E-state index contributed by atoms with van der Waals surface area (Å²) < 4.78 is 39.3. The van der Waals surface area contributed by atoms with Crippen LogP contribution in [0.2, 0.25) is 0 Å². The first kappa shape index (κ1) is 16.2. The molecular formula is C14H22FN3O2S. The highest BCUT2D eigenvalue weighted by Crippen LogP contribution is 2.20. The van der Waals surface area contributed by atoms with E-state index in [1.807, 2.05) is 6.92 Å². The van der Waals surface area contributed by atoms with Crippen molar-refractivity contribution in [3.63, 3.8) is 0 Å². The summed E-state index contributed by atoms with van der Waals surface area (Å²) in [5.41, 5.74) is 6.47. The number of benzene rings is 1. The van der Waals surface area contributed by atoms with E-state index >= 15 is 0 Å². The van der Waals surface area contributed by atoms with Gasteiger partial charge in [-0.05, 0) is 30.7 Å². The van der Waals surface area contributed by atoms with Crippen LogP contribution < -0.4 is 10.6 Å². The number of hydrogen-bond acceptors (Lipinski definition) is 4. The van der Waals surface area contributed by atoms with Crippen molar-refractivity contribution < 1.29 is 12.8 Å². The summed E-state index contributed by atoms with van der Waals surface area (Å²) in [4.78, 5) is 2.06. The van der Waals surface area contributed by atoms with Gasteiger partial charge in [-0.15, -0.1) is 0 Å². The van der Waals surface area contributed by atoms with Gasteiger partial charge in [0.1, 0.15) is 5.82 Å². The highest BCUT2D eigenvalue weighted by Gasteiger charge is 2.32. The van der Waals surface area contributed by atoms with Crippen molar-refractivity contribution in [1.29, 1.82) is 0 Å². The molecule has 2 rings (SSSR count). The molecule has 7 heteroatoms. The molecule has 1 unspecified atom stereocenters. The first-order valence-electron chi connectivity index (χ1n) is 7.18. The second-order valence-electron chi connectivity index (χ2n) is 5.17. The lowest BCUT2D eigenvalue weighted by atomic mass is 10.2. The lowest BCUT2D eigenvalue weighted by molar-refractivity contribution is 0.378. The van der Waals surface area contributed by atoms with Crippen LogP contribution >= 0.6 is 0 Å². The summed E-state index contributed by atoms with van der Waals surface area (Å²) in [5.74, 6) is -0.270. The second kappa shape index (κ2) is 6.72. The van der Waals surface area contributed by atoms with E-state index < -0.39 is 15.3 Å². The largest absolute Gasteiger partial charge is 0.369 e. The van der Waals surface area contributed by atoms with Gasteiger partial charge in [-0.3, -0.25) is 0 Å². The molecule has 0 spiro atoms. The number of piperazine rings is 1. The van der Waals surface area contributed by atoms with Gasteiger partial charge in [0.05, 0.1) is 5.25 Å². The normalized spacial score (nSPS) is 18.7. The van der Waals surface area contributed by atoms with Crippen LogP contribution in [0.4, 0.5) is 10.1 Å². The molecule has 2 N–H and O–H groups in total.